The van der Waals surface area contributed by atoms with Gasteiger partial charge < -0.3 is 4.74 Å². The van der Waals surface area contributed by atoms with Crippen LogP contribution in [0.25, 0.3) is 0 Å². The first-order valence-corrected chi connectivity index (χ1v) is 23.1. The summed E-state index contributed by atoms with van der Waals surface area (Å²) in [6.45, 7) is 19.6. The summed E-state index contributed by atoms with van der Waals surface area (Å²) in [7, 11) is -3.28. The highest BCUT2D eigenvalue weighted by atomic mass is 35.7. The van der Waals surface area contributed by atoms with Crippen molar-refractivity contribution < 1.29 is 4.74 Å². The Balaban J connectivity index is 3.81. The van der Waals surface area contributed by atoms with Gasteiger partial charge in [0.1, 0.15) is 5.75 Å². The zero-order chi connectivity index (χ0) is 19.2. The Labute approximate surface area is 162 Å². The number of methoxy groups -OCH3 is 1. The lowest BCUT2D eigenvalue weighted by Crippen LogP contribution is -2.77. The first kappa shape index (κ1) is 22.5. The quantitative estimate of drug-likeness (QED) is 0.380. The Morgan fingerprint density at radius 3 is 1.29 bits per heavy atom. The minimum Gasteiger partial charge on any atom is -0.497 e. The molecule has 7 heteroatoms. The topological polar surface area (TPSA) is 9.23 Å². The monoisotopic (exact) mass is 436 g/mol. The molecule has 0 fully saturated rings. The van der Waals surface area contributed by atoms with Gasteiger partial charge in [-0.3, -0.25) is 0 Å². The molecule has 138 valence electrons. The van der Waals surface area contributed by atoms with Gasteiger partial charge in [-0.2, -0.15) is 0 Å². The van der Waals surface area contributed by atoms with Crippen molar-refractivity contribution in [3.8, 4) is 5.75 Å². The summed E-state index contributed by atoms with van der Waals surface area (Å²) in [6.07, 6.45) is 0. The van der Waals surface area contributed by atoms with E-state index in [4.69, 9.17) is 26.9 Å². The highest BCUT2D eigenvalue weighted by Gasteiger charge is 2.71. The van der Waals surface area contributed by atoms with Gasteiger partial charge in [0.05, 0.1) is 7.11 Å². The summed E-state index contributed by atoms with van der Waals surface area (Å²) < 4.78 is 5.48. The van der Waals surface area contributed by atoms with Crippen LogP contribution in [0.5, 0.6) is 5.75 Å². The third-order valence-corrected chi connectivity index (χ3v) is 43.5. The third kappa shape index (κ3) is 3.49. The second-order valence-corrected chi connectivity index (χ2v) is 35.0. The highest BCUT2D eigenvalue weighted by Crippen LogP contribution is 2.61. The number of benzene rings is 1. The van der Waals surface area contributed by atoms with E-state index >= 15 is 0 Å². The van der Waals surface area contributed by atoms with E-state index in [2.05, 4.69) is 71.1 Å². The maximum Gasteiger partial charge on any atom is 0.279 e. The maximum absolute atomic E-state index is 7.50. The molecular weight excluding hydrogens is 403 g/mol. The van der Waals surface area contributed by atoms with E-state index in [1.54, 1.807) is 7.11 Å². The molecule has 0 aliphatic heterocycles. The van der Waals surface area contributed by atoms with Crippen LogP contribution in [0.4, 0.5) is 0 Å². The Morgan fingerprint density at radius 2 is 1.04 bits per heavy atom. The molecule has 0 radical (unpaired) electrons. The molecule has 0 aromatic heterocycles. The SMILES string of the molecule is COc1ccc([Si](Cl)(Cl)C([Si](C)(C)C)([Si](C)(C)C)[Si](C)(C)C)cc1. The van der Waals surface area contributed by atoms with E-state index in [0.29, 0.717) is 0 Å². The molecule has 1 rings (SSSR count). The fraction of sp³-hybridized carbons (Fsp3) is 0.647. The highest BCUT2D eigenvalue weighted by molar-refractivity contribution is 7.61. The minimum atomic E-state index is -2.73. The van der Waals surface area contributed by atoms with Gasteiger partial charge in [0.15, 0.2) is 0 Å². The predicted molar refractivity (Wildman–Crippen MR) is 123 cm³/mol. The van der Waals surface area contributed by atoms with E-state index < -0.39 is 30.9 Å². The molecule has 0 aliphatic rings. The van der Waals surface area contributed by atoms with Gasteiger partial charge in [0.25, 0.3) is 6.69 Å². The summed E-state index contributed by atoms with van der Waals surface area (Å²) in [5.74, 6) is 0.858. The Morgan fingerprint density at radius 1 is 0.708 bits per heavy atom. The van der Waals surface area contributed by atoms with Gasteiger partial charge in [0, 0.05) is 24.2 Å². The van der Waals surface area contributed by atoms with Gasteiger partial charge in [-0.1, -0.05) is 71.1 Å². The first-order chi connectivity index (χ1) is 10.5. The fourth-order valence-electron chi connectivity index (χ4n) is 5.80. The zero-order valence-electron chi connectivity index (χ0n) is 17.0. The summed E-state index contributed by atoms with van der Waals surface area (Å²) in [5.41, 5.74) is 0. The van der Waals surface area contributed by atoms with Crippen molar-refractivity contribution in [1.29, 1.82) is 0 Å². The molecule has 0 heterocycles. The van der Waals surface area contributed by atoms with Crippen LogP contribution in [-0.2, 0) is 0 Å². The molecule has 0 amide bonds. The van der Waals surface area contributed by atoms with Crippen molar-refractivity contribution in [3.63, 3.8) is 0 Å². The van der Waals surface area contributed by atoms with E-state index in [9.17, 15) is 0 Å². The average molecular weight is 438 g/mol. The molecular formula is C17H34Cl2OSi4. The third-order valence-electron chi connectivity index (χ3n) is 5.30. The van der Waals surface area contributed by atoms with Crippen molar-refractivity contribution in [2.75, 3.05) is 7.11 Å². The maximum atomic E-state index is 7.50. The minimum absolute atomic E-state index is 0.150. The molecule has 0 saturated carbocycles. The van der Waals surface area contributed by atoms with Gasteiger partial charge >= 0.3 is 0 Å². The Kier molecular flexibility index (Phi) is 6.46. The normalized spacial score (nSPS) is 14.7. The van der Waals surface area contributed by atoms with Crippen LogP contribution >= 0.6 is 22.2 Å². The molecule has 1 aromatic rings. The molecule has 0 unspecified atom stereocenters. The van der Waals surface area contributed by atoms with Crippen LogP contribution in [-0.4, -0.2) is 38.0 Å². The fourth-order valence-corrected chi connectivity index (χ4v) is 62.5. The lowest BCUT2D eigenvalue weighted by Gasteiger charge is -2.63. The summed E-state index contributed by atoms with van der Waals surface area (Å²) in [4.78, 5) is 0. The molecule has 0 N–H and O–H groups in total. The van der Waals surface area contributed by atoms with Crippen LogP contribution in [0.2, 0.25) is 62.8 Å². The Bertz CT molecular complexity index is 530. The smallest absolute Gasteiger partial charge is 0.279 e. The molecule has 0 saturated heterocycles. The van der Waals surface area contributed by atoms with Gasteiger partial charge in [-0.25, -0.2) is 0 Å². The zero-order valence-corrected chi connectivity index (χ0v) is 22.5. The number of hydrogen-bond acceptors (Lipinski definition) is 1. The van der Waals surface area contributed by atoms with Crippen LogP contribution in [0.3, 0.4) is 0 Å². The molecule has 0 aliphatic carbocycles. The molecule has 0 spiro atoms. The number of hydrogen-bond donors (Lipinski definition) is 0. The second-order valence-electron chi connectivity index (χ2n) is 9.80. The predicted octanol–water partition coefficient (Wildman–Crippen LogP) is 6.19. The van der Waals surface area contributed by atoms with Crippen LogP contribution in [0.15, 0.2) is 24.3 Å². The Hall–Kier alpha value is 0.468. The van der Waals surface area contributed by atoms with Crippen molar-refractivity contribution in [2.45, 2.75) is 62.8 Å². The number of ether oxygens (including phenoxy) is 1. The van der Waals surface area contributed by atoms with E-state index in [-0.39, 0.29) is 3.91 Å². The molecule has 1 aromatic carbocycles. The van der Waals surface area contributed by atoms with Crippen molar-refractivity contribution in [1.82, 2.24) is 0 Å². The van der Waals surface area contributed by atoms with Crippen molar-refractivity contribution in [3.05, 3.63) is 24.3 Å². The summed E-state index contributed by atoms with van der Waals surface area (Å²) in [5, 5.41) is 1.15. The number of rotatable bonds is 6. The molecule has 24 heavy (non-hydrogen) atoms. The summed E-state index contributed by atoms with van der Waals surface area (Å²) >= 11 is 15.0. The van der Waals surface area contributed by atoms with Gasteiger partial charge in [-0.15, -0.1) is 22.2 Å². The van der Waals surface area contributed by atoms with Crippen molar-refractivity contribution in [2.24, 2.45) is 0 Å². The van der Waals surface area contributed by atoms with Gasteiger partial charge in [-0.05, 0) is 21.2 Å². The second kappa shape index (κ2) is 6.89. The van der Waals surface area contributed by atoms with Gasteiger partial charge in [0.2, 0.25) is 0 Å². The largest absolute Gasteiger partial charge is 0.497 e. The van der Waals surface area contributed by atoms with Crippen LogP contribution in [0.1, 0.15) is 0 Å². The molecule has 0 atom stereocenters. The van der Waals surface area contributed by atoms with E-state index in [0.717, 1.165) is 10.9 Å². The lowest BCUT2D eigenvalue weighted by molar-refractivity contribution is 0.415. The average Bonchev–Trinajstić information content (AvgIpc) is 2.33. The number of halogens is 2. The standard InChI is InChI=1S/C17H34Cl2OSi4/c1-20-15-11-13-16(14-12-15)24(18,19)17(21(2,3)4,22(5,6)7)23(8,9)10/h11-14H,1-10H3. The molecule has 1 nitrogen and oxygen atoms in total. The van der Waals surface area contributed by atoms with Crippen LogP contribution in [0, 0.1) is 0 Å². The van der Waals surface area contributed by atoms with Crippen molar-refractivity contribution >= 4 is 58.3 Å². The first-order valence-electron chi connectivity index (χ1n) is 8.56. The molecule has 0 bridgehead atoms. The van der Waals surface area contributed by atoms with Crippen LogP contribution < -0.4 is 9.92 Å². The summed E-state index contributed by atoms with van der Waals surface area (Å²) in [6, 6.07) is 8.23. The van der Waals surface area contributed by atoms with E-state index in [1.165, 1.54) is 0 Å². The lowest BCUT2D eigenvalue weighted by atomic mass is 10.3. The van der Waals surface area contributed by atoms with E-state index in [1.807, 2.05) is 12.1 Å².